The van der Waals surface area contributed by atoms with Gasteiger partial charge in [0.2, 0.25) is 5.91 Å². The highest BCUT2D eigenvalue weighted by atomic mass is 32.2. The Morgan fingerprint density at radius 1 is 0.974 bits per heavy atom. The Hall–Kier alpha value is -0.820. The van der Waals surface area contributed by atoms with Gasteiger partial charge in [0.05, 0.1) is 18.5 Å². The van der Waals surface area contributed by atoms with Gasteiger partial charge in [0.15, 0.2) is 0 Å². The summed E-state index contributed by atoms with van der Waals surface area (Å²) in [7, 11) is -3.01. The van der Waals surface area contributed by atoms with Crippen LogP contribution < -0.4 is 26.6 Å². The maximum atomic E-state index is 13.0. The topological polar surface area (TPSA) is 124 Å². The Balaban J connectivity index is 1.09. The summed E-state index contributed by atoms with van der Waals surface area (Å²) in [6, 6.07) is 1.59. The monoisotopic (exact) mass is 568 g/mol. The number of sulfone groups is 1. The predicted molar refractivity (Wildman–Crippen MR) is 153 cm³/mol. The average molecular weight is 569 g/mol. The molecule has 2 saturated carbocycles. The van der Waals surface area contributed by atoms with Gasteiger partial charge in [-0.3, -0.25) is 25.6 Å². The van der Waals surface area contributed by atoms with Gasteiger partial charge in [-0.05, 0) is 82.7 Å². The van der Waals surface area contributed by atoms with Crippen LogP contribution in [0.5, 0.6) is 0 Å². The highest BCUT2D eigenvalue weighted by Crippen LogP contribution is 2.30. The summed E-state index contributed by atoms with van der Waals surface area (Å²) < 4.78 is 29.3. The molecule has 0 bridgehead atoms. The molecule has 5 fully saturated rings. The normalized spacial score (nSPS) is 41.1. The first-order chi connectivity index (χ1) is 18.8. The first-order valence-corrected chi connectivity index (χ1v) is 17.5. The molecule has 0 aromatic heterocycles. The molecule has 0 aromatic carbocycles. The van der Waals surface area contributed by atoms with Crippen LogP contribution >= 0.6 is 0 Å². The van der Waals surface area contributed by atoms with Gasteiger partial charge in [0, 0.05) is 56.0 Å². The van der Waals surface area contributed by atoms with Gasteiger partial charge >= 0.3 is 0 Å². The number of amides is 1. The van der Waals surface area contributed by atoms with Crippen LogP contribution in [0.1, 0.15) is 64.7 Å². The van der Waals surface area contributed by atoms with Crippen molar-refractivity contribution in [3.05, 3.63) is 0 Å². The van der Waals surface area contributed by atoms with Crippen LogP contribution in [0.2, 0.25) is 0 Å². The van der Waals surface area contributed by atoms with Gasteiger partial charge < -0.3 is 15.4 Å². The molecule has 3 aliphatic heterocycles. The number of carbonyl (C=O) groups is 1. The van der Waals surface area contributed by atoms with Crippen molar-refractivity contribution in [3.63, 3.8) is 0 Å². The molecule has 0 spiro atoms. The summed E-state index contributed by atoms with van der Waals surface area (Å²) in [6.07, 6.45) is 9.36. The number of piperidine rings is 1. The van der Waals surface area contributed by atoms with Crippen LogP contribution in [0.25, 0.3) is 0 Å². The van der Waals surface area contributed by atoms with Crippen LogP contribution in [-0.2, 0) is 19.4 Å². The third-order valence-corrected chi connectivity index (χ3v) is 11.9. The fourth-order valence-electron chi connectivity index (χ4n) is 7.67. The van der Waals surface area contributed by atoms with Crippen molar-refractivity contribution in [2.45, 2.75) is 100 Å². The minimum Gasteiger partial charge on any atom is -0.379 e. The molecule has 2 aliphatic carbocycles. The van der Waals surface area contributed by atoms with Gasteiger partial charge in [0.1, 0.15) is 16.1 Å². The summed E-state index contributed by atoms with van der Waals surface area (Å²) >= 11 is 0. The molecule has 39 heavy (non-hydrogen) atoms. The lowest BCUT2D eigenvalue weighted by atomic mass is 9.82. The molecule has 5 N–H and O–H groups in total. The maximum absolute atomic E-state index is 13.0. The van der Waals surface area contributed by atoms with E-state index in [4.69, 9.17) is 4.74 Å². The molecule has 10 nitrogen and oxygen atoms in total. The number of ether oxygens (including phenoxy) is 1. The third kappa shape index (κ3) is 7.93. The standard InChI is InChI=1S/C28H52N6O4S/c1-19-3-6-22(31-27(35)20-4-7-24(8-5-20)39(2,36)37)16-26(19)33-28-30-10-9-25(32-28)21-15-23(18-29-17-21)34-11-13-38-14-12-34/h19-26,28-30,32-33H,3-18H2,1-2H3,(H,31,35). The SMILES string of the molecule is CC1CCC(NC(=O)C2CCC(S(C)(=O)=O)CC2)CC1NC1NCCC(C2CNCC(N3CCOCC3)C2)N1. The van der Waals surface area contributed by atoms with E-state index in [1.807, 2.05) is 0 Å². The van der Waals surface area contributed by atoms with E-state index in [0.717, 1.165) is 71.6 Å². The zero-order valence-electron chi connectivity index (χ0n) is 24.0. The van der Waals surface area contributed by atoms with Crippen LogP contribution in [0, 0.1) is 17.8 Å². The highest BCUT2D eigenvalue weighted by molar-refractivity contribution is 7.91. The first-order valence-electron chi connectivity index (χ1n) is 15.5. The number of nitrogens with zero attached hydrogens (tertiary/aromatic N) is 1. The highest BCUT2D eigenvalue weighted by Gasteiger charge is 2.37. The van der Waals surface area contributed by atoms with E-state index in [9.17, 15) is 13.2 Å². The average Bonchev–Trinajstić information content (AvgIpc) is 2.95. The van der Waals surface area contributed by atoms with Crippen molar-refractivity contribution in [2.75, 3.05) is 52.2 Å². The second-order valence-electron chi connectivity index (χ2n) is 13.0. The summed E-state index contributed by atoms with van der Waals surface area (Å²) in [5.74, 6) is 1.23. The molecule has 7 atom stereocenters. The molecule has 5 rings (SSSR count). The lowest BCUT2D eigenvalue weighted by Crippen LogP contribution is -2.67. The number of nitrogens with one attached hydrogen (secondary N) is 5. The smallest absolute Gasteiger partial charge is 0.223 e. The molecule has 1 amide bonds. The van der Waals surface area contributed by atoms with E-state index in [0.29, 0.717) is 55.6 Å². The molecule has 11 heteroatoms. The van der Waals surface area contributed by atoms with E-state index in [-0.39, 0.29) is 29.4 Å². The molecular formula is C28H52N6O4S. The Bertz CT molecular complexity index is 908. The Morgan fingerprint density at radius 3 is 2.49 bits per heavy atom. The second-order valence-corrected chi connectivity index (χ2v) is 15.3. The number of morpholine rings is 1. The number of carbonyl (C=O) groups excluding carboxylic acids is 1. The Kier molecular flexibility index (Phi) is 10.2. The Morgan fingerprint density at radius 2 is 1.74 bits per heavy atom. The summed E-state index contributed by atoms with van der Waals surface area (Å²) in [4.78, 5) is 15.6. The largest absolute Gasteiger partial charge is 0.379 e. The van der Waals surface area contributed by atoms with Gasteiger partial charge in [-0.1, -0.05) is 6.92 Å². The van der Waals surface area contributed by atoms with Crippen molar-refractivity contribution in [1.82, 2.24) is 31.5 Å². The molecular weight excluding hydrogens is 516 g/mol. The third-order valence-electron chi connectivity index (χ3n) is 10.3. The van der Waals surface area contributed by atoms with E-state index >= 15 is 0 Å². The molecule has 3 saturated heterocycles. The van der Waals surface area contributed by atoms with E-state index in [1.165, 1.54) is 12.7 Å². The van der Waals surface area contributed by atoms with Crippen molar-refractivity contribution < 1.29 is 17.9 Å². The quantitative estimate of drug-likeness (QED) is 0.297. The lowest BCUT2D eigenvalue weighted by molar-refractivity contribution is -0.127. The van der Waals surface area contributed by atoms with Crippen molar-refractivity contribution in [2.24, 2.45) is 17.8 Å². The van der Waals surface area contributed by atoms with E-state index < -0.39 is 9.84 Å². The van der Waals surface area contributed by atoms with Gasteiger partial charge in [-0.15, -0.1) is 0 Å². The minimum absolute atomic E-state index is 0.0541. The molecule has 224 valence electrons. The van der Waals surface area contributed by atoms with Crippen molar-refractivity contribution in [1.29, 1.82) is 0 Å². The summed E-state index contributed by atoms with van der Waals surface area (Å²) in [6.45, 7) is 9.27. The van der Waals surface area contributed by atoms with Crippen LogP contribution in [0.3, 0.4) is 0 Å². The summed E-state index contributed by atoms with van der Waals surface area (Å²) in [5.41, 5.74) is 0. The maximum Gasteiger partial charge on any atom is 0.223 e. The number of hydrogen-bond donors (Lipinski definition) is 5. The first kappa shape index (κ1) is 29.7. The van der Waals surface area contributed by atoms with Gasteiger partial charge in [0.25, 0.3) is 0 Å². The fourth-order valence-corrected chi connectivity index (χ4v) is 8.80. The fraction of sp³-hybridized carbons (Fsp3) is 0.964. The zero-order valence-corrected chi connectivity index (χ0v) is 24.8. The minimum atomic E-state index is -3.01. The van der Waals surface area contributed by atoms with Crippen LogP contribution in [0.15, 0.2) is 0 Å². The number of rotatable bonds is 7. The molecule has 5 aliphatic rings. The summed E-state index contributed by atoms with van der Waals surface area (Å²) in [5, 5.41) is 18.2. The van der Waals surface area contributed by atoms with E-state index in [1.54, 1.807) is 0 Å². The zero-order chi connectivity index (χ0) is 27.4. The molecule has 0 radical (unpaired) electrons. The van der Waals surface area contributed by atoms with Crippen molar-refractivity contribution in [3.8, 4) is 0 Å². The lowest BCUT2D eigenvalue weighted by Gasteiger charge is -2.45. The van der Waals surface area contributed by atoms with Crippen LogP contribution in [-0.4, -0.2) is 107 Å². The molecule has 3 heterocycles. The van der Waals surface area contributed by atoms with Crippen molar-refractivity contribution >= 4 is 15.7 Å². The predicted octanol–water partition coefficient (Wildman–Crippen LogP) is 0.398. The molecule has 0 aromatic rings. The van der Waals surface area contributed by atoms with Gasteiger partial charge in [-0.2, -0.15) is 0 Å². The molecule has 7 unspecified atom stereocenters. The number of hydrogen-bond acceptors (Lipinski definition) is 9. The van der Waals surface area contributed by atoms with Gasteiger partial charge in [-0.25, -0.2) is 8.42 Å². The Labute approximate surface area is 235 Å². The van der Waals surface area contributed by atoms with Crippen LogP contribution in [0.4, 0.5) is 0 Å². The van der Waals surface area contributed by atoms with E-state index in [2.05, 4.69) is 38.4 Å². The second kappa shape index (κ2) is 13.4.